The zero-order chi connectivity index (χ0) is 18.0. The van der Waals surface area contributed by atoms with Crippen LogP contribution in [0.3, 0.4) is 0 Å². The maximum Gasteiger partial charge on any atom is 0.265 e. The van der Waals surface area contributed by atoms with E-state index in [9.17, 15) is 8.42 Å². The molecule has 0 aliphatic rings. The van der Waals surface area contributed by atoms with E-state index in [4.69, 9.17) is 15.2 Å². The molecule has 0 saturated heterocycles. The Labute approximate surface area is 143 Å². The number of sulfonamides is 1. The van der Waals surface area contributed by atoms with E-state index in [0.717, 1.165) is 10.9 Å². The Hall–Kier alpha value is -2.88. The van der Waals surface area contributed by atoms with Gasteiger partial charge in [-0.3, -0.25) is 20.1 Å². The lowest BCUT2D eigenvalue weighted by Gasteiger charge is -2.14. The first-order valence-corrected chi connectivity index (χ1v) is 8.62. The van der Waals surface area contributed by atoms with Crippen molar-refractivity contribution in [3.05, 3.63) is 54.7 Å². The molecule has 3 rings (SSSR count). The van der Waals surface area contributed by atoms with Crippen LogP contribution in [-0.4, -0.2) is 30.9 Å². The van der Waals surface area contributed by atoms with Gasteiger partial charge in [-0.1, -0.05) is 18.2 Å². The topological polar surface area (TPSA) is 112 Å². The summed E-state index contributed by atoms with van der Waals surface area (Å²) in [6, 6.07) is 12.6. The zero-order valence-electron chi connectivity index (χ0n) is 13.1. The van der Waals surface area contributed by atoms with Crippen molar-refractivity contribution in [2.45, 2.75) is 4.90 Å². The van der Waals surface area contributed by atoms with Crippen LogP contribution in [0.1, 0.15) is 0 Å². The van der Waals surface area contributed by atoms with Gasteiger partial charge in [-0.05, 0) is 24.3 Å². The van der Waals surface area contributed by atoms with Crippen LogP contribution >= 0.6 is 0 Å². The molecule has 1 aromatic heterocycles. The van der Waals surface area contributed by atoms with Crippen LogP contribution in [0, 0.1) is 0 Å². The molecule has 0 unspecified atom stereocenters. The number of benzene rings is 2. The molecule has 9 heteroatoms. The molecule has 0 fully saturated rings. The van der Waals surface area contributed by atoms with Gasteiger partial charge in [0.1, 0.15) is 10.6 Å². The first kappa shape index (κ1) is 17.0. The summed E-state index contributed by atoms with van der Waals surface area (Å²) in [5.41, 5.74) is 1.01. The lowest BCUT2D eigenvalue weighted by Crippen LogP contribution is -2.16. The number of nitrogens with zero attached hydrogens (tertiary/aromatic N) is 2. The smallest absolute Gasteiger partial charge is 0.265 e. The maximum absolute atomic E-state index is 12.6. The van der Waals surface area contributed by atoms with Crippen LogP contribution in [0.25, 0.3) is 10.9 Å². The van der Waals surface area contributed by atoms with Crippen molar-refractivity contribution in [2.24, 2.45) is 0 Å². The Morgan fingerprint density at radius 2 is 1.88 bits per heavy atom. The van der Waals surface area contributed by atoms with E-state index in [2.05, 4.69) is 9.71 Å². The van der Waals surface area contributed by atoms with Crippen LogP contribution in [0.2, 0.25) is 0 Å². The van der Waals surface area contributed by atoms with Crippen LogP contribution in [0.4, 0.5) is 11.4 Å². The number of anilines is 2. The number of nitrogens with one attached hydrogen (secondary N) is 1. The fourth-order valence-electron chi connectivity index (χ4n) is 2.34. The highest BCUT2D eigenvalue weighted by atomic mass is 32.2. The largest absolute Gasteiger partial charge is 0.495 e. The Morgan fingerprint density at radius 3 is 2.60 bits per heavy atom. The molecule has 0 spiro atoms. The molecule has 0 aliphatic heterocycles. The Balaban J connectivity index is 1.98. The summed E-state index contributed by atoms with van der Waals surface area (Å²) in [4.78, 5) is 4.06. The number of para-hydroxylation sites is 1. The van der Waals surface area contributed by atoms with E-state index in [0.29, 0.717) is 5.69 Å². The van der Waals surface area contributed by atoms with Crippen LogP contribution in [0.5, 0.6) is 5.75 Å². The summed E-state index contributed by atoms with van der Waals surface area (Å²) in [6.45, 7) is 0. The summed E-state index contributed by atoms with van der Waals surface area (Å²) >= 11 is 0. The number of aromatic nitrogens is 1. The van der Waals surface area contributed by atoms with Crippen LogP contribution < -0.4 is 14.7 Å². The number of rotatable bonds is 5. The van der Waals surface area contributed by atoms with Gasteiger partial charge in [0.15, 0.2) is 0 Å². The summed E-state index contributed by atoms with van der Waals surface area (Å²) in [7, 11) is -2.68. The minimum atomic E-state index is -3.96. The highest BCUT2D eigenvalue weighted by Crippen LogP contribution is 2.30. The number of methoxy groups -OCH3 is 1. The molecule has 0 radical (unpaired) electrons. The molecule has 0 aliphatic carbocycles. The fraction of sp³-hybridized carbons (Fsp3) is 0.0625. The van der Waals surface area contributed by atoms with Crippen molar-refractivity contribution in [3.63, 3.8) is 0 Å². The van der Waals surface area contributed by atoms with E-state index in [-0.39, 0.29) is 21.6 Å². The highest BCUT2D eigenvalue weighted by molar-refractivity contribution is 7.92. The average molecular weight is 361 g/mol. The standard InChI is InChI=1S/C16H15N3O5S/c1-24-15-9-13(19(20)21)6-7-16(15)25(22,23)18-12-8-11-4-2-3-5-14(11)17-10-12/h2-10,18,20-21H,1H3. The summed E-state index contributed by atoms with van der Waals surface area (Å²) in [5, 5.41) is 18.7. The Kier molecular flexibility index (Phi) is 4.45. The molecule has 1 heterocycles. The second-order valence-corrected chi connectivity index (χ2v) is 6.80. The average Bonchev–Trinajstić information content (AvgIpc) is 2.60. The van der Waals surface area contributed by atoms with Crippen molar-refractivity contribution in [2.75, 3.05) is 17.1 Å². The zero-order valence-corrected chi connectivity index (χ0v) is 13.9. The minimum absolute atomic E-state index is 0.0353. The van der Waals surface area contributed by atoms with Gasteiger partial charge in [0.2, 0.25) is 0 Å². The van der Waals surface area contributed by atoms with E-state index >= 15 is 0 Å². The molecule has 0 bridgehead atoms. The fourth-order valence-corrected chi connectivity index (χ4v) is 3.53. The predicted octanol–water partition coefficient (Wildman–Crippen LogP) is 2.63. The van der Waals surface area contributed by atoms with Crippen LogP contribution in [-0.2, 0) is 10.0 Å². The van der Waals surface area contributed by atoms with Gasteiger partial charge < -0.3 is 4.74 Å². The van der Waals surface area contributed by atoms with E-state index < -0.39 is 10.0 Å². The molecule has 8 nitrogen and oxygen atoms in total. The molecule has 0 amide bonds. The van der Waals surface area contributed by atoms with Gasteiger partial charge in [-0.2, -0.15) is 0 Å². The number of hydrogen-bond acceptors (Lipinski definition) is 7. The Morgan fingerprint density at radius 1 is 1.12 bits per heavy atom. The quantitative estimate of drug-likeness (QED) is 0.599. The summed E-state index contributed by atoms with van der Waals surface area (Å²) in [6.07, 6.45) is 1.42. The van der Waals surface area contributed by atoms with Gasteiger partial charge in [-0.15, -0.1) is 5.23 Å². The SMILES string of the molecule is COc1cc(N(O)O)ccc1S(=O)(=O)Nc1cnc2ccccc2c1. The number of fused-ring (bicyclic) bond motifs is 1. The lowest BCUT2D eigenvalue weighted by molar-refractivity contribution is 0.0290. The normalized spacial score (nSPS) is 11.3. The lowest BCUT2D eigenvalue weighted by atomic mass is 10.2. The van der Waals surface area contributed by atoms with Crippen molar-refractivity contribution < 1.29 is 23.6 Å². The first-order valence-electron chi connectivity index (χ1n) is 7.14. The number of pyridine rings is 1. The van der Waals surface area contributed by atoms with E-state index in [1.54, 1.807) is 6.07 Å². The first-order chi connectivity index (χ1) is 11.9. The second-order valence-electron chi connectivity index (χ2n) is 5.15. The van der Waals surface area contributed by atoms with Crippen LogP contribution in [0.15, 0.2) is 59.6 Å². The molecule has 0 saturated carbocycles. The van der Waals surface area contributed by atoms with Crippen molar-refractivity contribution in [3.8, 4) is 5.75 Å². The predicted molar refractivity (Wildman–Crippen MR) is 91.6 cm³/mol. The molecule has 0 atom stereocenters. The van der Waals surface area contributed by atoms with E-state index in [1.807, 2.05) is 24.3 Å². The van der Waals surface area contributed by atoms with Gasteiger partial charge in [0.25, 0.3) is 10.0 Å². The second kappa shape index (κ2) is 6.55. The molecular weight excluding hydrogens is 346 g/mol. The van der Waals surface area contributed by atoms with Crippen molar-refractivity contribution >= 4 is 32.3 Å². The third kappa shape index (κ3) is 3.48. The van der Waals surface area contributed by atoms with Crippen molar-refractivity contribution in [1.29, 1.82) is 0 Å². The maximum atomic E-state index is 12.6. The van der Waals surface area contributed by atoms with Gasteiger partial charge >= 0.3 is 0 Å². The van der Waals surface area contributed by atoms with E-state index in [1.165, 1.54) is 31.5 Å². The van der Waals surface area contributed by atoms with Gasteiger partial charge in [-0.25, -0.2) is 8.42 Å². The van der Waals surface area contributed by atoms with Gasteiger partial charge in [0.05, 0.1) is 30.2 Å². The number of ether oxygens (including phenoxy) is 1. The minimum Gasteiger partial charge on any atom is -0.495 e. The molecular formula is C16H15N3O5S. The molecule has 3 aromatic rings. The molecule has 3 N–H and O–H groups in total. The summed E-state index contributed by atoms with van der Waals surface area (Å²) in [5.74, 6) is -0.0353. The van der Waals surface area contributed by atoms with Gasteiger partial charge in [0, 0.05) is 11.5 Å². The number of hydrogen-bond donors (Lipinski definition) is 3. The highest BCUT2D eigenvalue weighted by Gasteiger charge is 2.21. The third-order valence-corrected chi connectivity index (χ3v) is 4.93. The molecule has 25 heavy (non-hydrogen) atoms. The Bertz CT molecular complexity index is 1020. The molecule has 130 valence electrons. The third-order valence-electron chi connectivity index (χ3n) is 3.51. The van der Waals surface area contributed by atoms with Crippen molar-refractivity contribution in [1.82, 2.24) is 4.98 Å². The summed E-state index contributed by atoms with van der Waals surface area (Å²) < 4.78 is 32.8. The monoisotopic (exact) mass is 361 g/mol. The molecule has 2 aromatic carbocycles.